The molecule has 1 amide bonds. The number of nitrogens with zero attached hydrogens (tertiary/aromatic N) is 1. The van der Waals surface area contributed by atoms with Crippen molar-refractivity contribution in [3.8, 4) is 0 Å². The number of rotatable bonds is 23. The Labute approximate surface area is 232 Å². The van der Waals surface area contributed by atoms with Gasteiger partial charge in [0.2, 0.25) is 5.91 Å². The molecule has 0 aliphatic heterocycles. The molecule has 1 fully saturated rings. The van der Waals surface area contributed by atoms with E-state index in [1.807, 2.05) is 12.2 Å². The average molecular weight is 559 g/mol. The number of allylic oxidation sites excluding steroid dienone is 2. The molecule has 0 radical (unpaired) electrons. The Morgan fingerprint density at radius 3 is 2.33 bits per heavy atom. The van der Waals surface area contributed by atoms with Gasteiger partial charge >= 0.3 is 5.97 Å². The van der Waals surface area contributed by atoms with E-state index in [1.165, 1.54) is 19.3 Å². The summed E-state index contributed by atoms with van der Waals surface area (Å²) >= 11 is 0. The predicted octanol–water partition coefficient (Wildman–Crippen LogP) is 3.62. The Morgan fingerprint density at radius 2 is 1.59 bits per heavy atom. The summed E-state index contributed by atoms with van der Waals surface area (Å²) in [5.74, 6) is -0.710. The van der Waals surface area contributed by atoms with Gasteiger partial charge in [-0.05, 0) is 63.2 Å². The number of esters is 1. The molecule has 39 heavy (non-hydrogen) atoms. The largest absolute Gasteiger partial charge is 0.464 e. The first-order valence-electron chi connectivity index (χ1n) is 14.5. The highest BCUT2D eigenvalue weighted by atomic mass is 17.1. The molecule has 0 spiro atoms. The number of aliphatic hydroxyl groups excluding tert-OH is 2. The Bertz CT molecular complexity index is 717. The van der Waals surface area contributed by atoms with Crippen LogP contribution in [0.1, 0.15) is 103 Å². The Kier molecular flexibility index (Phi) is 19.7. The van der Waals surface area contributed by atoms with Crippen LogP contribution in [0.15, 0.2) is 12.2 Å². The van der Waals surface area contributed by atoms with Crippen molar-refractivity contribution in [1.29, 1.82) is 0 Å². The molecule has 1 rings (SSSR count). The lowest BCUT2D eigenvalue weighted by Gasteiger charge is -2.22. The van der Waals surface area contributed by atoms with Crippen LogP contribution in [-0.4, -0.2) is 75.6 Å². The van der Waals surface area contributed by atoms with Crippen molar-refractivity contribution in [3.05, 3.63) is 12.2 Å². The monoisotopic (exact) mass is 558 g/mol. The van der Waals surface area contributed by atoms with Gasteiger partial charge in [0.05, 0.1) is 30.8 Å². The summed E-state index contributed by atoms with van der Waals surface area (Å²) in [5.41, 5.74) is 0. The first kappa shape index (κ1) is 35.1. The molecule has 1 aliphatic carbocycles. The van der Waals surface area contributed by atoms with Crippen LogP contribution in [0.25, 0.3) is 0 Å². The molecular formula is C28H50N2O9. The molecule has 0 bridgehead atoms. The Hall–Kier alpha value is -1.89. The van der Waals surface area contributed by atoms with Gasteiger partial charge in [-0.15, -0.1) is 0 Å². The summed E-state index contributed by atoms with van der Waals surface area (Å²) in [7, 11) is 0. The summed E-state index contributed by atoms with van der Waals surface area (Å²) in [6, 6.07) is 0. The van der Waals surface area contributed by atoms with Crippen LogP contribution < -0.4 is 5.32 Å². The van der Waals surface area contributed by atoms with E-state index in [0.29, 0.717) is 57.8 Å². The summed E-state index contributed by atoms with van der Waals surface area (Å²) in [4.78, 5) is 40.2. The van der Waals surface area contributed by atoms with Crippen LogP contribution in [0.3, 0.4) is 0 Å². The topological polar surface area (TPSA) is 166 Å². The zero-order valence-corrected chi connectivity index (χ0v) is 23.5. The van der Waals surface area contributed by atoms with Gasteiger partial charge in [0.25, 0.3) is 0 Å². The van der Waals surface area contributed by atoms with Crippen molar-refractivity contribution in [1.82, 2.24) is 10.7 Å². The van der Waals surface area contributed by atoms with Crippen molar-refractivity contribution < 1.29 is 44.6 Å². The minimum atomic E-state index is -0.585. The zero-order valence-electron chi connectivity index (χ0n) is 23.5. The van der Waals surface area contributed by atoms with Crippen molar-refractivity contribution in [2.45, 2.75) is 115 Å². The van der Waals surface area contributed by atoms with E-state index in [1.54, 1.807) is 0 Å². The molecule has 1 saturated carbocycles. The van der Waals surface area contributed by atoms with E-state index >= 15 is 0 Å². The quantitative estimate of drug-likeness (QED) is 0.0541. The number of aliphatic hydroxyl groups is 2. The van der Waals surface area contributed by atoms with Gasteiger partial charge in [0, 0.05) is 19.3 Å². The average Bonchev–Trinajstić information content (AvgIpc) is 3.16. The number of unbranched alkanes of at least 4 members (excludes halogenated alkanes) is 6. The van der Waals surface area contributed by atoms with Crippen LogP contribution in [0.2, 0.25) is 0 Å². The summed E-state index contributed by atoms with van der Waals surface area (Å²) in [6.07, 6.45) is 13.5. The number of nitrogens with one attached hydrogen (secondary N) is 1. The van der Waals surface area contributed by atoms with E-state index in [9.17, 15) is 24.6 Å². The first-order valence-corrected chi connectivity index (χ1v) is 14.5. The molecule has 5 N–H and O–H groups in total. The number of amides is 1. The molecule has 226 valence electrons. The molecule has 0 aromatic heterocycles. The fraction of sp³-hybridized carbons (Fsp3) is 0.821. The van der Waals surface area contributed by atoms with Crippen LogP contribution in [0.5, 0.6) is 0 Å². The highest BCUT2D eigenvalue weighted by molar-refractivity contribution is 5.81. The van der Waals surface area contributed by atoms with E-state index in [4.69, 9.17) is 15.2 Å². The Balaban J connectivity index is 2.18. The lowest BCUT2D eigenvalue weighted by molar-refractivity contribution is -0.492. The molecule has 4 atom stereocenters. The number of carbonyl (C=O) groups is 3. The standard InChI is InChI=1S/C28H50N2O9/c1-2-3-4-5-8-13-22(31)16-17-24-23(25(32)20-26(24)33)14-9-6-7-10-15-27(34)29-21-28(35)38-18-11-12-19-39-30(36)37/h6,9,23-26,32-33,36-37H,2-5,7-8,10-21H2,1H3,(H,29,34)/b9-6-/t23-,24-,25+,26-/m1/s1. The summed E-state index contributed by atoms with van der Waals surface area (Å²) in [5, 5.41) is 39.7. The third kappa shape index (κ3) is 17.4. The number of hydrogen-bond acceptors (Lipinski definition) is 10. The van der Waals surface area contributed by atoms with Gasteiger partial charge in [-0.3, -0.25) is 29.6 Å². The Morgan fingerprint density at radius 1 is 0.872 bits per heavy atom. The third-order valence-electron chi connectivity index (χ3n) is 7.12. The van der Waals surface area contributed by atoms with E-state index in [-0.39, 0.29) is 55.1 Å². The highest BCUT2D eigenvalue weighted by Gasteiger charge is 2.40. The first-order chi connectivity index (χ1) is 18.7. The second-order valence-electron chi connectivity index (χ2n) is 10.3. The molecule has 0 saturated heterocycles. The lowest BCUT2D eigenvalue weighted by Crippen LogP contribution is -2.30. The van der Waals surface area contributed by atoms with E-state index in [2.05, 4.69) is 17.1 Å². The van der Waals surface area contributed by atoms with E-state index in [0.717, 1.165) is 12.8 Å². The maximum atomic E-state index is 12.3. The molecule has 0 unspecified atom stereocenters. The van der Waals surface area contributed by atoms with Gasteiger partial charge in [-0.2, -0.15) is 0 Å². The minimum Gasteiger partial charge on any atom is -0.464 e. The molecule has 0 heterocycles. The fourth-order valence-electron chi connectivity index (χ4n) is 4.88. The van der Waals surface area contributed by atoms with Gasteiger partial charge < -0.3 is 20.3 Å². The normalized spacial score (nSPS) is 21.1. The molecule has 11 nitrogen and oxygen atoms in total. The second-order valence-corrected chi connectivity index (χ2v) is 10.3. The maximum Gasteiger partial charge on any atom is 0.325 e. The lowest BCUT2D eigenvalue weighted by atomic mass is 9.86. The van der Waals surface area contributed by atoms with Crippen LogP contribution in [-0.2, 0) is 24.0 Å². The van der Waals surface area contributed by atoms with Crippen molar-refractivity contribution >= 4 is 17.7 Å². The molecule has 11 heteroatoms. The number of ketones is 1. The van der Waals surface area contributed by atoms with Crippen molar-refractivity contribution in [2.75, 3.05) is 19.8 Å². The fourth-order valence-corrected chi connectivity index (χ4v) is 4.88. The second kappa shape index (κ2) is 21.9. The van der Waals surface area contributed by atoms with Gasteiger partial charge in [0.1, 0.15) is 12.3 Å². The SMILES string of the molecule is CCCCCCCC(=O)CC[C@@H]1[C@@H](C/C=C\CCCC(=O)NCC(=O)OCCCCON(O)O)[C@@H](O)C[C@H]1O. The zero-order chi connectivity index (χ0) is 28.9. The minimum absolute atomic E-state index is 0.0693. The van der Waals surface area contributed by atoms with Gasteiger partial charge in [0.15, 0.2) is 0 Å². The number of carbonyl (C=O) groups excluding carboxylic acids is 3. The van der Waals surface area contributed by atoms with Crippen LogP contribution >= 0.6 is 0 Å². The summed E-state index contributed by atoms with van der Waals surface area (Å²) in [6.45, 7) is 2.16. The van der Waals surface area contributed by atoms with Crippen molar-refractivity contribution in [2.24, 2.45) is 11.8 Å². The highest BCUT2D eigenvalue weighted by Crippen LogP contribution is 2.38. The molecule has 1 aliphatic rings. The van der Waals surface area contributed by atoms with Crippen LogP contribution in [0.4, 0.5) is 0 Å². The summed E-state index contributed by atoms with van der Waals surface area (Å²) < 4.78 is 4.98. The number of hydrogen-bond donors (Lipinski definition) is 5. The smallest absolute Gasteiger partial charge is 0.325 e. The van der Waals surface area contributed by atoms with Crippen LogP contribution in [0, 0.1) is 11.8 Å². The van der Waals surface area contributed by atoms with Gasteiger partial charge in [-0.1, -0.05) is 44.8 Å². The van der Waals surface area contributed by atoms with Crippen molar-refractivity contribution in [3.63, 3.8) is 0 Å². The number of Topliss-reactive ketones (excluding diaryl/α,β-unsaturated/α-hetero) is 1. The molecule has 0 aromatic carbocycles. The van der Waals surface area contributed by atoms with Gasteiger partial charge in [-0.25, -0.2) is 0 Å². The van der Waals surface area contributed by atoms with E-state index < -0.39 is 18.2 Å². The molecule has 0 aromatic rings. The number of ether oxygens (including phenoxy) is 1. The third-order valence-corrected chi connectivity index (χ3v) is 7.12. The predicted molar refractivity (Wildman–Crippen MR) is 143 cm³/mol. The molecular weight excluding hydrogens is 508 g/mol. The maximum absolute atomic E-state index is 12.3.